The number of rotatable bonds is 4. The van der Waals surface area contributed by atoms with Gasteiger partial charge in [-0.2, -0.15) is 0 Å². The van der Waals surface area contributed by atoms with Crippen molar-refractivity contribution in [2.75, 3.05) is 0 Å². The van der Waals surface area contributed by atoms with Crippen LogP contribution in [0.3, 0.4) is 0 Å². The Morgan fingerprint density at radius 2 is 1.48 bits per heavy atom. The van der Waals surface area contributed by atoms with E-state index in [4.69, 9.17) is 8.85 Å². The van der Waals surface area contributed by atoms with E-state index in [-0.39, 0.29) is 0 Å². The summed E-state index contributed by atoms with van der Waals surface area (Å²) >= 11 is 0. The van der Waals surface area contributed by atoms with Crippen molar-refractivity contribution < 1.29 is 8.85 Å². The molecular formula is C25H46O2Si2. The molecule has 4 heteroatoms. The summed E-state index contributed by atoms with van der Waals surface area (Å²) in [7, 11) is -2.97. The summed E-state index contributed by atoms with van der Waals surface area (Å²) < 4.78 is 13.2. The van der Waals surface area contributed by atoms with Crippen LogP contribution in [0, 0.1) is 34.5 Å². The topological polar surface area (TPSA) is 18.5 Å². The van der Waals surface area contributed by atoms with Crippen LogP contribution in [0.5, 0.6) is 0 Å². The normalized spacial score (nSPS) is 45.1. The van der Waals surface area contributed by atoms with Crippen molar-refractivity contribution >= 4 is 16.6 Å². The summed E-state index contributed by atoms with van der Waals surface area (Å²) in [6.45, 7) is 19.3. The molecule has 29 heavy (non-hydrogen) atoms. The summed E-state index contributed by atoms with van der Waals surface area (Å²) in [4.78, 5) is 0. The van der Waals surface area contributed by atoms with Gasteiger partial charge < -0.3 is 8.85 Å². The third-order valence-corrected chi connectivity index (χ3v) is 11.0. The molecule has 3 saturated carbocycles. The molecule has 166 valence electrons. The predicted molar refractivity (Wildman–Crippen MR) is 128 cm³/mol. The highest BCUT2D eigenvalue weighted by Gasteiger charge is 2.60. The zero-order valence-electron chi connectivity index (χ0n) is 20.4. The predicted octanol–water partition coefficient (Wildman–Crippen LogP) is 7.59. The Balaban J connectivity index is 1.53. The molecule has 0 aromatic heterocycles. The van der Waals surface area contributed by atoms with Crippen LogP contribution < -0.4 is 0 Å². The molecule has 0 radical (unpaired) electrons. The van der Waals surface area contributed by atoms with Crippen LogP contribution in [0.1, 0.15) is 65.2 Å². The third-order valence-electron chi connectivity index (χ3n) is 9.09. The largest absolute Gasteiger partial charge is 0.548 e. The van der Waals surface area contributed by atoms with Crippen LogP contribution in [0.25, 0.3) is 0 Å². The summed E-state index contributed by atoms with van der Waals surface area (Å²) in [5, 5.41) is 0. The van der Waals surface area contributed by atoms with Gasteiger partial charge in [-0.3, -0.25) is 0 Å². The third kappa shape index (κ3) is 4.07. The van der Waals surface area contributed by atoms with Gasteiger partial charge in [-0.1, -0.05) is 13.8 Å². The lowest BCUT2D eigenvalue weighted by atomic mass is 9.46. The van der Waals surface area contributed by atoms with E-state index in [1.54, 1.807) is 0 Å². The van der Waals surface area contributed by atoms with Gasteiger partial charge in [0.1, 0.15) is 0 Å². The van der Waals surface area contributed by atoms with Crippen molar-refractivity contribution in [2.45, 2.75) is 111 Å². The Labute approximate surface area is 182 Å². The maximum atomic E-state index is 6.76. The second-order valence-corrected chi connectivity index (χ2v) is 22.1. The lowest BCUT2D eigenvalue weighted by Crippen LogP contribution is -2.54. The second kappa shape index (κ2) is 7.23. The van der Waals surface area contributed by atoms with E-state index in [1.807, 2.05) is 0 Å². The van der Waals surface area contributed by atoms with Gasteiger partial charge >= 0.3 is 0 Å². The average molecular weight is 435 g/mol. The number of allylic oxidation sites excluding steroid dienone is 2. The fraction of sp³-hybridized carbons (Fsp3) is 0.920. The van der Waals surface area contributed by atoms with Gasteiger partial charge in [0.05, 0.1) is 11.9 Å². The molecule has 7 atom stereocenters. The Hall–Kier alpha value is -0.0662. The Kier molecular flexibility index (Phi) is 5.52. The Morgan fingerprint density at radius 3 is 2.14 bits per heavy atom. The first-order chi connectivity index (χ1) is 13.3. The molecule has 0 bridgehead atoms. The van der Waals surface area contributed by atoms with Crippen molar-refractivity contribution in [2.24, 2.45) is 34.5 Å². The van der Waals surface area contributed by atoms with E-state index in [9.17, 15) is 0 Å². The van der Waals surface area contributed by atoms with E-state index in [0.717, 1.165) is 23.7 Å². The number of hydrogen-bond donors (Lipinski definition) is 0. The zero-order chi connectivity index (χ0) is 21.2. The van der Waals surface area contributed by atoms with E-state index in [1.165, 1.54) is 57.1 Å². The highest BCUT2D eigenvalue weighted by molar-refractivity contribution is 6.70. The van der Waals surface area contributed by atoms with Crippen LogP contribution in [0.15, 0.2) is 11.8 Å². The second-order valence-electron chi connectivity index (χ2n) is 13.3. The van der Waals surface area contributed by atoms with E-state index in [2.05, 4.69) is 59.2 Å². The first-order valence-electron chi connectivity index (χ1n) is 12.4. The molecule has 0 saturated heterocycles. The molecule has 0 aromatic rings. The van der Waals surface area contributed by atoms with Gasteiger partial charge in [0.2, 0.25) is 8.32 Å². The molecule has 2 nitrogen and oxygen atoms in total. The molecular weight excluding hydrogens is 388 g/mol. The molecule has 0 spiro atoms. The molecule has 3 fully saturated rings. The van der Waals surface area contributed by atoms with Gasteiger partial charge in [-0.05, 0) is 125 Å². The highest BCUT2D eigenvalue weighted by Crippen LogP contribution is 2.66. The SMILES string of the molecule is C[C@]12CCC(O[Si](C)(C)C)=CC1CC[C@@H]1[C@@H]2CC[C@]2(C)C(O[Si](C)(C)C)CC[C@@H]12. The molecule has 4 rings (SSSR count). The average Bonchev–Trinajstić information content (AvgIpc) is 2.89. The molecule has 4 aliphatic carbocycles. The standard InChI is InChI=1S/C25H46O2Si2/c1-24-15-13-19(26-28(3,4)5)17-18(24)9-10-20-21-11-12-23(27-29(6,7)8)25(21,2)16-14-22(20)24/h17-18,20-23H,9-16H2,1-8H3/t18?,20-,21-,22-,23?,24-,25-/m0/s1. The Morgan fingerprint density at radius 1 is 0.793 bits per heavy atom. The van der Waals surface area contributed by atoms with Crippen LogP contribution in [-0.4, -0.2) is 22.7 Å². The maximum Gasteiger partial charge on any atom is 0.241 e. The quantitative estimate of drug-likeness (QED) is 0.424. The molecule has 0 aliphatic heterocycles. The number of hydrogen-bond acceptors (Lipinski definition) is 2. The summed E-state index contributed by atoms with van der Waals surface area (Å²) in [5.74, 6) is 4.80. The van der Waals surface area contributed by atoms with E-state index >= 15 is 0 Å². The van der Waals surface area contributed by atoms with Gasteiger partial charge in [0.15, 0.2) is 8.32 Å². The zero-order valence-corrected chi connectivity index (χ0v) is 22.4. The summed E-state index contributed by atoms with van der Waals surface area (Å²) in [5.41, 5.74) is 0.926. The van der Waals surface area contributed by atoms with Crippen LogP contribution in [-0.2, 0) is 8.85 Å². The molecule has 0 N–H and O–H groups in total. The minimum absolute atomic E-state index is 0.432. The van der Waals surface area contributed by atoms with Crippen LogP contribution in [0.4, 0.5) is 0 Å². The molecule has 2 unspecified atom stereocenters. The van der Waals surface area contributed by atoms with Crippen molar-refractivity contribution in [3.05, 3.63) is 11.8 Å². The van der Waals surface area contributed by atoms with Crippen molar-refractivity contribution in [3.63, 3.8) is 0 Å². The first kappa shape index (κ1) is 22.1. The van der Waals surface area contributed by atoms with E-state index < -0.39 is 16.6 Å². The molecule has 4 aliphatic rings. The monoisotopic (exact) mass is 434 g/mol. The van der Waals surface area contributed by atoms with Crippen LogP contribution in [0.2, 0.25) is 39.3 Å². The molecule has 0 heterocycles. The fourth-order valence-corrected chi connectivity index (χ4v) is 10.1. The van der Waals surface area contributed by atoms with Gasteiger partial charge in [0, 0.05) is 6.42 Å². The smallest absolute Gasteiger partial charge is 0.241 e. The van der Waals surface area contributed by atoms with E-state index in [0.29, 0.717) is 16.9 Å². The first-order valence-corrected chi connectivity index (χ1v) is 19.2. The number of fused-ring (bicyclic) bond motifs is 5. The maximum absolute atomic E-state index is 6.76. The van der Waals surface area contributed by atoms with Crippen LogP contribution >= 0.6 is 0 Å². The summed E-state index contributed by atoms with van der Waals surface area (Å²) in [6.07, 6.45) is 14.0. The van der Waals surface area contributed by atoms with Gasteiger partial charge in [-0.15, -0.1) is 0 Å². The summed E-state index contributed by atoms with van der Waals surface area (Å²) in [6, 6.07) is 0. The van der Waals surface area contributed by atoms with Crippen molar-refractivity contribution in [1.29, 1.82) is 0 Å². The minimum Gasteiger partial charge on any atom is -0.548 e. The lowest BCUT2D eigenvalue weighted by Gasteiger charge is -2.60. The highest BCUT2D eigenvalue weighted by atomic mass is 28.4. The van der Waals surface area contributed by atoms with Gasteiger partial charge in [0.25, 0.3) is 0 Å². The Bertz CT molecular complexity index is 661. The van der Waals surface area contributed by atoms with Gasteiger partial charge in [-0.25, -0.2) is 0 Å². The minimum atomic E-state index is -1.49. The lowest BCUT2D eigenvalue weighted by molar-refractivity contribution is -0.103. The van der Waals surface area contributed by atoms with Crippen molar-refractivity contribution in [3.8, 4) is 0 Å². The molecule has 0 amide bonds. The molecule has 0 aromatic carbocycles. The fourth-order valence-electron chi connectivity index (χ4n) is 7.88. The van der Waals surface area contributed by atoms with Crippen molar-refractivity contribution in [1.82, 2.24) is 0 Å².